The van der Waals surface area contributed by atoms with E-state index in [1.165, 1.54) is 6.08 Å². The van der Waals surface area contributed by atoms with E-state index in [0.717, 1.165) is 0 Å². The Morgan fingerprint density at radius 3 is 2.67 bits per heavy atom. The van der Waals surface area contributed by atoms with Gasteiger partial charge in [0.05, 0.1) is 9.47 Å². The van der Waals surface area contributed by atoms with Gasteiger partial charge in [-0.25, -0.2) is 4.79 Å². The molecule has 9 heavy (non-hydrogen) atoms. The highest BCUT2D eigenvalue weighted by Gasteiger charge is 1.85. The first-order chi connectivity index (χ1) is 4.31. The predicted octanol–water partition coefficient (Wildman–Crippen LogP) is 1.45. The number of hydrogen-bond acceptors (Lipinski definition) is 2. The molecule has 0 rings (SSSR count). The SMILES string of the molecule is CC=CC=CC(=O)OP. The molecule has 0 aliphatic carbocycles. The molecule has 0 fully saturated rings. The van der Waals surface area contributed by atoms with E-state index in [2.05, 4.69) is 4.52 Å². The van der Waals surface area contributed by atoms with Gasteiger partial charge >= 0.3 is 5.97 Å². The highest BCUT2D eigenvalue weighted by molar-refractivity contribution is 7.10. The monoisotopic (exact) mass is 144 g/mol. The van der Waals surface area contributed by atoms with Gasteiger partial charge in [-0.2, -0.15) is 0 Å². The van der Waals surface area contributed by atoms with Crippen LogP contribution in [-0.4, -0.2) is 5.97 Å². The van der Waals surface area contributed by atoms with Gasteiger partial charge in [0.2, 0.25) is 0 Å². The minimum absolute atomic E-state index is 0.363. The molecule has 1 unspecified atom stereocenters. The average molecular weight is 144 g/mol. The lowest BCUT2D eigenvalue weighted by Gasteiger charge is -1.84. The van der Waals surface area contributed by atoms with Crippen LogP contribution in [0.15, 0.2) is 24.3 Å². The van der Waals surface area contributed by atoms with E-state index in [1.807, 2.05) is 22.5 Å². The fourth-order valence-corrected chi connectivity index (χ4v) is 0.363. The van der Waals surface area contributed by atoms with Crippen LogP contribution in [0.2, 0.25) is 0 Å². The van der Waals surface area contributed by atoms with E-state index in [4.69, 9.17) is 0 Å². The maximum atomic E-state index is 10.3. The van der Waals surface area contributed by atoms with E-state index >= 15 is 0 Å². The van der Waals surface area contributed by atoms with Crippen LogP contribution < -0.4 is 0 Å². The number of carbonyl (C=O) groups excluding carboxylic acids is 1. The number of hydrogen-bond donors (Lipinski definition) is 0. The Balaban J connectivity index is 3.57. The summed E-state index contributed by atoms with van der Waals surface area (Å²) in [7, 11) is 1.88. The Morgan fingerprint density at radius 2 is 2.22 bits per heavy atom. The summed E-state index contributed by atoms with van der Waals surface area (Å²) < 4.78 is 4.25. The van der Waals surface area contributed by atoms with Crippen LogP contribution in [0.5, 0.6) is 0 Å². The molecule has 0 aromatic heterocycles. The van der Waals surface area contributed by atoms with Crippen LogP contribution in [0, 0.1) is 0 Å². The lowest BCUT2D eigenvalue weighted by atomic mass is 10.4. The van der Waals surface area contributed by atoms with E-state index in [9.17, 15) is 4.79 Å². The molecule has 0 aliphatic heterocycles. The third-order valence-electron chi connectivity index (χ3n) is 0.652. The molecular weight excluding hydrogens is 135 g/mol. The second kappa shape index (κ2) is 5.52. The molecule has 50 valence electrons. The van der Waals surface area contributed by atoms with Gasteiger partial charge in [0.25, 0.3) is 0 Å². The van der Waals surface area contributed by atoms with E-state index in [1.54, 1.807) is 12.2 Å². The molecule has 0 aromatic rings. The predicted molar refractivity (Wildman–Crippen MR) is 39.8 cm³/mol. The van der Waals surface area contributed by atoms with Crippen molar-refractivity contribution in [3.05, 3.63) is 24.3 Å². The minimum Gasteiger partial charge on any atom is -0.448 e. The van der Waals surface area contributed by atoms with E-state index < -0.39 is 0 Å². The van der Waals surface area contributed by atoms with E-state index in [0.29, 0.717) is 0 Å². The second-order valence-corrected chi connectivity index (χ2v) is 1.56. The molecule has 1 atom stereocenters. The average Bonchev–Trinajstić information content (AvgIpc) is 1.89. The van der Waals surface area contributed by atoms with Crippen LogP contribution in [0.25, 0.3) is 0 Å². The van der Waals surface area contributed by atoms with Gasteiger partial charge in [0.15, 0.2) is 0 Å². The molecule has 0 bridgehead atoms. The van der Waals surface area contributed by atoms with Crippen molar-refractivity contribution >= 4 is 15.4 Å². The van der Waals surface area contributed by atoms with Crippen LogP contribution in [0.4, 0.5) is 0 Å². The van der Waals surface area contributed by atoms with Crippen LogP contribution >= 0.6 is 9.47 Å². The fourth-order valence-electron chi connectivity index (χ4n) is 0.285. The van der Waals surface area contributed by atoms with Gasteiger partial charge < -0.3 is 4.52 Å². The largest absolute Gasteiger partial charge is 0.448 e. The van der Waals surface area contributed by atoms with Crippen molar-refractivity contribution in [2.24, 2.45) is 0 Å². The zero-order valence-corrected chi connectivity index (χ0v) is 6.36. The molecule has 0 spiro atoms. The Labute approximate surface area is 56.9 Å². The minimum atomic E-state index is -0.363. The van der Waals surface area contributed by atoms with Gasteiger partial charge in [-0.1, -0.05) is 18.2 Å². The molecular formula is C6H9O2P. The van der Waals surface area contributed by atoms with Gasteiger partial charge in [-0.05, 0) is 6.92 Å². The first-order valence-corrected chi connectivity index (χ1v) is 2.98. The maximum Gasteiger partial charge on any atom is 0.332 e. The quantitative estimate of drug-likeness (QED) is 0.333. The first-order valence-electron chi connectivity index (χ1n) is 2.51. The molecule has 2 nitrogen and oxygen atoms in total. The molecule has 0 amide bonds. The molecule has 0 radical (unpaired) electrons. The summed E-state index contributed by atoms with van der Waals surface area (Å²) in [4.78, 5) is 10.3. The molecule has 0 saturated heterocycles. The second-order valence-electron chi connectivity index (χ2n) is 1.32. The van der Waals surface area contributed by atoms with Crippen molar-refractivity contribution < 1.29 is 9.32 Å². The summed E-state index contributed by atoms with van der Waals surface area (Å²) in [6.45, 7) is 1.87. The summed E-state index contributed by atoms with van der Waals surface area (Å²) in [5.41, 5.74) is 0. The summed E-state index contributed by atoms with van der Waals surface area (Å²) in [6.07, 6.45) is 6.54. The van der Waals surface area contributed by atoms with Crippen molar-refractivity contribution in [3.8, 4) is 0 Å². The summed E-state index contributed by atoms with van der Waals surface area (Å²) >= 11 is 0. The normalized spacial score (nSPS) is 10.9. The lowest BCUT2D eigenvalue weighted by molar-refractivity contribution is -0.127. The molecule has 0 aromatic carbocycles. The number of carbonyl (C=O) groups is 1. The molecule has 0 heterocycles. The molecule has 0 N–H and O–H groups in total. The Morgan fingerprint density at radius 1 is 1.56 bits per heavy atom. The van der Waals surface area contributed by atoms with Gasteiger partial charge in [-0.3, -0.25) is 0 Å². The van der Waals surface area contributed by atoms with E-state index in [-0.39, 0.29) is 5.97 Å². The maximum absolute atomic E-state index is 10.3. The molecule has 0 aliphatic rings. The van der Waals surface area contributed by atoms with Gasteiger partial charge in [0, 0.05) is 6.08 Å². The Hall–Kier alpha value is -0.620. The highest BCUT2D eigenvalue weighted by atomic mass is 31.0. The Kier molecular flexibility index (Phi) is 5.14. The third-order valence-corrected chi connectivity index (χ3v) is 0.884. The van der Waals surface area contributed by atoms with Crippen molar-refractivity contribution in [2.75, 3.05) is 0 Å². The van der Waals surface area contributed by atoms with Crippen LogP contribution in [-0.2, 0) is 9.32 Å². The van der Waals surface area contributed by atoms with Crippen LogP contribution in [0.1, 0.15) is 6.92 Å². The highest BCUT2D eigenvalue weighted by Crippen LogP contribution is 1.88. The van der Waals surface area contributed by atoms with Crippen molar-refractivity contribution in [1.29, 1.82) is 0 Å². The molecule has 0 saturated carbocycles. The lowest BCUT2D eigenvalue weighted by Crippen LogP contribution is -1.87. The smallest absolute Gasteiger partial charge is 0.332 e. The van der Waals surface area contributed by atoms with Crippen LogP contribution in [0.3, 0.4) is 0 Å². The number of rotatable bonds is 2. The van der Waals surface area contributed by atoms with Crippen molar-refractivity contribution in [2.45, 2.75) is 6.92 Å². The summed E-state index contributed by atoms with van der Waals surface area (Å²) in [6, 6.07) is 0. The first kappa shape index (κ1) is 8.38. The topological polar surface area (TPSA) is 26.3 Å². The summed E-state index contributed by atoms with van der Waals surface area (Å²) in [5, 5.41) is 0. The van der Waals surface area contributed by atoms with Crippen molar-refractivity contribution in [3.63, 3.8) is 0 Å². The standard InChI is InChI=1S/C6H9O2P/c1-2-3-4-5-6(7)8-9/h2-5H,9H2,1H3. The fraction of sp³-hybridized carbons (Fsp3) is 0.167. The molecule has 3 heteroatoms. The zero-order valence-electron chi connectivity index (χ0n) is 5.20. The van der Waals surface area contributed by atoms with Crippen molar-refractivity contribution in [1.82, 2.24) is 0 Å². The summed E-state index contributed by atoms with van der Waals surface area (Å²) in [5.74, 6) is -0.363. The zero-order chi connectivity index (χ0) is 7.11. The van der Waals surface area contributed by atoms with Gasteiger partial charge in [0.1, 0.15) is 0 Å². The third kappa shape index (κ3) is 5.25. The number of allylic oxidation sites excluding steroid dienone is 3. The Bertz CT molecular complexity index is 138. The van der Waals surface area contributed by atoms with Gasteiger partial charge in [-0.15, -0.1) is 0 Å².